The standard InChI is InChI=1S/C23H36N6S.HI/c1-19-22(30-20(2)27-19)17-26-23(24-3)25-11-7-8-12-28-13-15-29(16-14-28)18-21-9-5-4-6-10-21;/h4-6,9-10H,7-8,11-18H2,1-3H3,(H2,24,25,26);1H. The summed E-state index contributed by atoms with van der Waals surface area (Å²) in [4.78, 5) is 15.3. The smallest absolute Gasteiger partial charge is 0.191 e. The second-order valence-electron chi connectivity index (χ2n) is 7.90. The minimum Gasteiger partial charge on any atom is -0.356 e. The monoisotopic (exact) mass is 556 g/mol. The van der Waals surface area contributed by atoms with Gasteiger partial charge in [0.2, 0.25) is 0 Å². The molecule has 1 aliphatic heterocycles. The Hall–Kier alpha value is -1.23. The van der Waals surface area contributed by atoms with Crippen molar-refractivity contribution in [3.8, 4) is 0 Å². The van der Waals surface area contributed by atoms with E-state index in [1.54, 1.807) is 11.3 Å². The van der Waals surface area contributed by atoms with Crippen molar-refractivity contribution in [1.82, 2.24) is 25.4 Å². The molecule has 1 aromatic carbocycles. The summed E-state index contributed by atoms with van der Waals surface area (Å²) in [5, 5.41) is 7.95. The molecule has 0 aliphatic carbocycles. The van der Waals surface area contributed by atoms with Gasteiger partial charge in [0.25, 0.3) is 0 Å². The summed E-state index contributed by atoms with van der Waals surface area (Å²) < 4.78 is 0. The van der Waals surface area contributed by atoms with Crippen molar-refractivity contribution in [2.45, 2.75) is 39.8 Å². The van der Waals surface area contributed by atoms with Crippen LogP contribution in [0.15, 0.2) is 35.3 Å². The van der Waals surface area contributed by atoms with Crippen LogP contribution in [0.25, 0.3) is 0 Å². The summed E-state index contributed by atoms with van der Waals surface area (Å²) in [6.07, 6.45) is 2.37. The quantitative estimate of drug-likeness (QED) is 0.214. The molecule has 0 bridgehead atoms. The van der Waals surface area contributed by atoms with Gasteiger partial charge in [-0.25, -0.2) is 4.98 Å². The highest BCUT2D eigenvalue weighted by Crippen LogP contribution is 2.16. The Labute approximate surface area is 208 Å². The van der Waals surface area contributed by atoms with E-state index in [1.807, 2.05) is 7.05 Å². The van der Waals surface area contributed by atoms with Gasteiger partial charge in [0.1, 0.15) is 0 Å². The third-order valence-corrected chi connectivity index (χ3v) is 6.62. The van der Waals surface area contributed by atoms with Crippen LogP contribution in [-0.4, -0.2) is 67.1 Å². The first-order valence-corrected chi connectivity index (χ1v) is 11.8. The molecule has 1 aromatic heterocycles. The van der Waals surface area contributed by atoms with Crippen molar-refractivity contribution in [2.75, 3.05) is 46.3 Å². The Morgan fingerprint density at radius 2 is 1.74 bits per heavy atom. The van der Waals surface area contributed by atoms with Crippen LogP contribution in [-0.2, 0) is 13.1 Å². The third kappa shape index (κ3) is 9.03. The van der Waals surface area contributed by atoms with Crippen LogP contribution in [0, 0.1) is 13.8 Å². The van der Waals surface area contributed by atoms with Gasteiger partial charge < -0.3 is 15.5 Å². The molecule has 0 amide bonds. The third-order valence-electron chi connectivity index (χ3n) is 5.55. The van der Waals surface area contributed by atoms with E-state index in [9.17, 15) is 0 Å². The summed E-state index contributed by atoms with van der Waals surface area (Å²) in [5.41, 5.74) is 2.53. The maximum Gasteiger partial charge on any atom is 0.191 e. The average molecular weight is 557 g/mol. The normalized spacial score (nSPS) is 15.5. The molecule has 6 nitrogen and oxygen atoms in total. The molecule has 0 radical (unpaired) electrons. The summed E-state index contributed by atoms with van der Waals surface area (Å²) in [6.45, 7) is 12.8. The SMILES string of the molecule is CN=C(NCCCCN1CCN(Cc2ccccc2)CC1)NCc1sc(C)nc1C.I. The zero-order chi connectivity index (χ0) is 21.2. The summed E-state index contributed by atoms with van der Waals surface area (Å²) >= 11 is 1.75. The fraction of sp³-hybridized carbons (Fsp3) is 0.565. The highest BCUT2D eigenvalue weighted by molar-refractivity contribution is 14.0. The lowest BCUT2D eigenvalue weighted by atomic mass is 10.2. The predicted molar refractivity (Wildman–Crippen MR) is 143 cm³/mol. The van der Waals surface area contributed by atoms with Crippen molar-refractivity contribution in [3.63, 3.8) is 0 Å². The minimum atomic E-state index is 0. The lowest BCUT2D eigenvalue weighted by Gasteiger charge is -2.34. The van der Waals surface area contributed by atoms with Crippen molar-refractivity contribution in [3.05, 3.63) is 51.5 Å². The van der Waals surface area contributed by atoms with Crippen molar-refractivity contribution < 1.29 is 0 Å². The number of hydrogen-bond acceptors (Lipinski definition) is 5. The number of guanidine groups is 1. The van der Waals surface area contributed by atoms with Crippen LogP contribution in [0.1, 0.15) is 34.0 Å². The number of hydrogen-bond donors (Lipinski definition) is 2. The fourth-order valence-corrected chi connectivity index (χ4v) is 4.68. The molecule has 0 spiro atoms. The molecule has 172 valence electrons. The van der Waals surface area contributed by atoms with Gasteiger partial charge in [-0.15, -0.1) is 35.3 Å². The fourth-order valence-electron chi connectivity index (χ4n) is 3.80. The summed E-state index contributed by atoms with van der Waals surface area (Å²) in [6, 6.07) is 10.8. The molecule has 1 saturated heterocycles. The zero-order valence-corrected chi connectivity index (χ0v) is 22.2. The van der Waals surface area contributed by atoms with Gasteiger partial charge in [0.15, 0.2) is 5.96 Å². The van der Waals surface area contributed by atoms with E-state index in [4.69, 9.17) is 0 Å². The van der Waals surface area contributed by atoms with E-state index in [1.165, 1.54) is 49.6 Å². The van der Waals surface area contributed by atoms with E-state index in [2.05, 4.69) is 74.6 Å². The van der Waals surface area contributed by atoms with E-state index >= 15 is 0 Å². The average Bonchev–Trinajstić information content (AvgIpc) is 3.09. The zero-order valence-electron chi connectivity index (χ0n) is 19.1. The maximum absolute atomic E-state index is 4.48. The van der Waals surface area contributed by atoms with Gasteiger partial charge in [-0.3, -0.25) is 9.89 Å². The number of unbranched alkanes of at least 4 members (excludes halogenated alkanes) is 1. The van der Waals surface area contributed by atoms with Crippen LogP contribution in [0.5, 0.6) is 0 Å². The molecule has 31 heavy (non-hydrogen) atoms. The number of aryl methyl sites for hydroxylation is 2. The van der Waals surface area contributed by atoms with Crippen LogP contribution in [0.4, 0.5) is 0 Å². The van der Waals surface area contributed by atoms with Crippen LogP contribution >= 0.6 is 35.3 Å². The van der Waals surface area contributed by atoms with E-state index < -0.39 is 0 Å². The Kier molecular flexibility index (Phi) is 11.8. The van der Waals surface area contributed by atoms with Crippen LogP contribution < -0.4 is 10.6 Å². The Balaban J connectivity index is 0.00000341. The number of aliphatic imine (C=N–C) groups is 1. The van der Waals surface area contributed by atoms with Gasteiger partial charge in [0.05, 0.1) is 17.2 Å². The topological polar surface area (TPSA) is 55.8 Å². The number of thiazole rings is 1. The van der Waals surface area contributed by atoms with Gasteiger partial charge >= 0.3 is 0 Å². The number of halogens is 1. The number of rotatable bonds is 9. The molecule has 0 saturated carbocycles. The summed E-state index contributed by atoms with van der Waals surface area (Å²) in [7, 11) is 1.83. The van der Waals surface area contributed by atoms with Crippen molar-refractivity contribution in [1.29, 1.82) is 0 Å². The van der Waals surface area contributed by atoms with E-state index in [-0.39, 0.29) is 24.0 Å². The molecular weight excluding hydrogens is 519 g/mol. The largest absolute Gasteiger partial charge is 0.356 e. The number of benzene rings is 1. The van der Waals surface area contributed by atoms with Crippen LogP contribution in [0.3, 0.4) is 0 Å². The van der Waals surface area contributed by atoms with Gasteiger partial charge in [-0.2, -0.15) is 0 Å². The molecule has 8 heteroatoms. The second-order valence-corrected chi connectivity index (χ2v) is 9.19. The Bertz CT molecular complexity index is 787. The van der Waals surface area contributed by atoms with Gasteiger partial charge in [-0.1, -0.05) is 30.3 Å². The molecule has 1 fully saturated rings. The van der Waals surface area contributed by atoms with Crippen molar-refractivity contribution >= 4 is 41.3 Å². The molecule has 2 N–H and O–H groups in total. The van der Waals surface area contributed by atoms with Gasteiger partial charge in [-0.05, 0) is 38.8 Å². The molecule has 2 aromatic rings. The lowest BCUT2D eigenvalue weighted by Crippen LogP contribution is -2.46. The Morgan fingerprint density at radius 3 is 2.39 bits per heavy atom. The lowest BCUT2D eigenvalue weighted by molar-refractivity contribution is 0.126. The number of piperazine rings is 1. The summed E-state index contributed by atoms with van der Waals surface area (Å²) in [5.74, 6) is 0.870. The predicted octanol–water partition coefficient (Wildman–Crippen LogP) is 3.64. The molecule has 1 aliphatic rings. The van der Waals surface area contributed by atoms with Crippen LogP contribution in [0.2, 0.25) is 0 Å². The molecule has 0 unspecified atom stereocenters. The molecule has 0 atom stereocenters. The molecular formula is C23H37IN6S. The Morgan fingerprint density at radius 1 is 1.03 bits per heavy atom. The highest BCUT2D eigenvalue weighted by atomic mass is 127. The van der Waals surface area contributed by atoms with E-state index in [0.29, 0.717) is 0 Å². The number of nitrogens with one attached hydrogen (secondary N) is 2. The van der Waals surface area contributed by atoms with Crippen molar-refractivity contribution in [2.24, 2.45) is 4.99 Å². The first kappa shape index (κ1) is 26.0. The first-order valence-electron chi connectivity index (χ1n) is 11.0. The first-order chi connectivity index (χ1) is 14.6. The van der Waals surface area contributed by atoms with E-state index in [0.717, 1.165) is 42.7 Å². The molecule has 3 rings (SSSR count). The maximum atomic E-state index is 4.48. The highest BCUT2D eigenvalue weighted by Gasteiger charge is 2.16. The minimum absolute atomic E-state index is 0. The number of aromatic nitrogens is 1. The van der Waals surface area contributed by atoms with Gasteiger partial charge in [0, 0.05) is 51.2 Å². The number of nitrogens with zero attached hydrogens (tertiary/aromatic N) is 4. The molecule has 2 heterocycles. The second kappa shape index (κ2) is 14.0.